The van der Waals surface area contributed by atoms with Gasteiger partial charge in [-0.1, -0.05) is 0 Å². The minimum atomic E-state index is -1.15. The van der Waals surface area contributed by atoms with Gasteiger partial charge in [-0.05, 0) is 57.1 Å². The molecule has 0 aromatic carbocycles. The summed E-state index contributed by atoms with van der Waals surface area (Å²) in [4.78, 5) is 8.84. The Bertz CT molecular complexity index is 719. The molecule has 2 aliphatic rings. The predicted molar refractivity (Wildman–Crippen MR) is 85.9 cm³/mol. The van der Waals surface area contributed by atoms with Gasteiger partial charge < -0.3 is 9.67 Å². The zero-order valence-corrected chi connectivity index (χ0v) is 13.4. The highest BCUT2D eigenvalue weighted by atomic mass is 19.1. The third-order valence-electron chi connectivity index (χ3n) is 5.48. The first kappa shape index (κ1) is 14.8. The van der Waals surface area contributed by atoms with Crippen LogP contribution in [0.2, 0.25) is 0 Å². The number of nitrogens with zero attached hydrogens (tertiary/aromatic N) is 3. The topological polar surface area (TPSA) is 50.9 Å². The lowest BCUT2D eigenvalue weighted by Gasteiger charge is -2.32. The quantitative estimate of drug-likeness (QED) is 0.942. The molecular weight excluding hydrogens is 293 g/mol. The molecule has 4 rings (SSSR count). The number of rotatable bonds is 3. The van der Waals surface area contributed by atoms with Crippen LogP contribution in [0, 0.1) is 6.92 Å². The molecule has 1 N–H and O–H groups in total. The molecule has 0 radical (unpaired) electrons. The molecule has 23 heavy (non-hydrogen) atoms. The lowest BCUT2D eigenvalue weighted by atomic mass is 9.81. The third kappa shape index (κ3) is 2.47. The first-order chi connectivity index (χ1) is 11.1. The molecule has 0 saturated heterocycles. The van der Waals surface area contributed by atoms with Gasteiger partial charge in [0.15, 0.2) is 0 Å². The van der Waals surface area contributed by atoms with E-state index in [1.165, 1.54) is 5.56 Å². The fourth-order valence-electron chi connectivity index (χ4n) is 4.08. The van der Waals surface area contributed by atoms with Crippen LogP contribution in [0.5, 0.6) is 0 Å². The highest BCUT2D eigenvalue weighted by Crippen LogP contribution is 2.44. The van der Waals surface area contributed by atoms with Crippen molar-refractivity contribution in [2.75, 3.05) is 0 Å². The van der Waals surface area contributed by atoms with Crippen LogP contribution in [0.25, 0.3) is 11.3 Å². The van der Waals surface area contributed by atoms with Crippen molar-refractivity contribution in [3.63, 3.8) is 0 Å². The molecule has 1 atom stereocenters. The summed E-state index contributed by atoms with van der Waals surface area (Å²) in [6, 6.07) is 2.08. The number of aryl methyl sites for hydroxylation is 1. The van der Waals surface area contributed by atoms with E-state index < -0.39 is 5.67 Å². The van der Waals surface area contributed by atoms with Crippen LogP contribution in [0.3, 0.4) is 0 Å². The SMILES string of the molecule is Cc1ccnc2c1-c1cncn1C2CCC1(F)CCC(O)CC1. The molecule has 1 unspecified atom stereocenters. The maximum Gasteiger partial charge on any atom is 0.111 e. The normalized spacial score (nSPS) is 29.3. The Kier molecular flexibility index (Phi) is 3.48. The number of alkyl halides is 1. The molecule has 1 saturated carbocycles. The van der Waals surface area contributed by atoms with E-state index in [1.807, 2.05) is 24.8 Å². The van der Waals surface area contributed by atoms with Crippen LogP contribution < -0.4 is 0 Å². The summed E-state index contributed by atoms with van der Waals surface area (Å²) in [7, 11) is 0. The average molecular weight is 315 g/mol. The van der Waals surface area contributed by atoms with Crippen molar-refractivity contribution in [1.82, 2.24) is 14.5 Å². The average Bonchev–Trinajstić information content (AvgIpc) is 3.10. The van der Waals surface area contributed by atoms with Gasteiger partial charge in [0.1, 0.15) is 5.67 Å². The summed E-state index contributed by atoms with van der Waals surface area (Å²) in [5, 5.41) is 9.60. The number of hydrogen-bond acceptors (Lipinski definition) is 3. The van der Waals surface area contributed by atoms with Crippen molar-refractivity contribution in [3.05, 3.63) is 36.0 Å². The Morgan fingerprint density at radius 1 is 1.39 bits per heavy atom. The molecule has 0 bridgehead atoms. The van der Waals surface area contributed by atoms with Crippen molar-refractivity contribution in [1.29, 1.82) is 0 Å². The summed E-state index contributed by atoms with van der Waals surface area (Å²) < 4.78 is 17.1. The van der Waals surface area contributed by atoms with Crippen molar-refractivity contribution < 1.29 is 9.50 Å². The molecule has 5 heteroatoms. The highest BCUT2D eigenvalue weighted by Gasteiger charge is 2.37. The fraction of sp³-hybridized carbons (Fsp3) is 0.556. The fourth-order valence-corrected chi connectivity index (χ4v) is 4.08. The first-order valence-electron chi connectivity index (χ1n) is 8.42. The van der Waals surface area contributed by atoms with E-state index in [-0.39, 0.29) is 12.1 Å². The van der Waals surface area contributed by atoms with Gasteiger partial charge in [0.05, 0.1) is 36.1 Å². The Labute approximate surface area is 135 Å². The summed E-state index contributed by atoms with van der Waals surface area (Å²) in [6.45, 7) is 2.08. The molecule has 3 heterocycles. The van der Waals surface area contributed by atoms with Gasteiger partial charge in [-0.3, -0.25) is 4.98 Å². The van der Waals surface area contributed by atoms with Crippen LogP contribution >= 0.6 is 0 Å². The predicted octanol–water partition coefficient (Wildman–Crippen LogP) is 3.58. The van der Waals surface area contributed by atoms with Crippen LogP contribution in [0.15, 0.2) is 24.8 Å². The van der Waals surface area contributed by atoms with Gasteiger partial charge >= 0.3 is 0 Å². The molecule has 1 fully saturated rings. The number of aromatic nitrogens is 3. The van der Waals surface area contributed by atoms with Gasteiger partial charge in [0, 0.05) is 11.8 Å². The lowest BCUT2D eigenvalue weighted by molar-refractivity contribution is 0.0252. The second kappa shape index (κ2) is 5.41. The number of pyridine rings is 1. The Morgan fingerprint density at radius 2 is 2.17 bits per heavy atom. The summed E-state index contributed by atoms with van der Waals surface area (Å²) >= 11 is 0. The molecule has 0 amide bonds. The van der Waals surface area contributed by atoms with Gasteiger partial charge in [0.2, 0.25) is 0 Å². The number of imidazole rings is 1. The van der Waals surface area contributed by atoms with Crippen molar-refractivity contribution in [3.8, 4) is 11.3 Å². The van der Waals surface area contributed by atoms with E-state index in [0.29, 0.717) is 32.1 Å². The minimum absolute atomic E-state index is 0.0712. The number of aliphatic hydroxyl groups excluding tert-OH is 1. The zero-order valence-electron chi connectivity index (χ0n) is 13.4. The summed E-state index contributed by atoms with van der Waals surface area (Å²) in [5.41, 5.74) is 3.33. The second-order valence-electron chi connectivity index (χ2n) is 7.01. The minimum Gasteiger partial charge on any atom is -0.393 e. The van der Waals surface area contributed by atoms with Crippen molar-refractivity contribution in [2.24, 2.45) is 0 Å². The van der Waals surface area contributed by atoms with E-state index in [4.69, 9.17) is 0 Å². The van der Waals surface area contributed by atoms with E-state index in [1.54, 1.807) is 0 Å². The number of aliphatic hydroxyl groups is 1. The summed E-state index contributed by atoms with van der Waals surface area (Å²) in [5.74, 6) is 0. The monoisotopic (exact) mass is 315 g/mol. The van der Waals surface area contributed by atoms with Gasteiger partial charge in [0.25, 0.3) is 0 Å². The van der Waals surface area contributed by atoms with Crippen LogP contribution in [0.4, 0.5) is 4.39 Å². The molecule has 2 aromatic rings. The molecule has 1 aliphatic heterocycles. The molecule has 4 nitrogen and oxygen atoms in total. The van der Waals surface area contributed by atoms with Crippen molar-refractivity contribution in [2.45, 2.75) is 63.3 Å². The maximum absolute atomic E-state index is 15.0. The van der Waals surface area contributed by atoms with E-state index in [0.717, 1.165) is 23.4 Å². The first-order valence-corrected chi connectivity index (χ1v) is 8.42. The highest BCUT2D eigenvalue weighted by molar-refractivity contribution is 5.70. The van der Waals surface area contributed by atoms with Gasteiger partial charge in [-0.25, -0.2) is 9.37 Å². The maximum atomic E-state index is 15.0. The standard InChI is InChI=1S/C18H22FN3O/c1-12-5-9-21-17-14(22-11-20-10-15(22)16(12)17)4-8-18(19)6-2-13(23)3-7-18/h5,9-11,13-14,23H,2-4,6-8H2,1H3. The van der Waals surface area contributed by atoms with Crippen molar-refractivity contribution >= 4 is 0 Å². The molecule has 1 aliphatic carbocycles. The van der Waals surface area contributed by atoms with E-state index >= 15 is 4.39 Å². The third-order valence-corrected chi connectivity index (χ3v) is 5.48. The van der Waals surface area contributed by atoms with Gasteiger partial charge in [-0.2, -0.15) is 0 Å². The van der Waals surface area contributed by atoms with Gasteiger partial charge in [-0.15, -0.1) is 0 Å². The largest absolute Gasteiger partial charge is 0.393 e. The molecule has 0 spiro atoms. The second-order valence-corrected chi connectivity index (χ2v) is 7.01. The Hall–Kier alpha value is -1.75. The van der Waals surface area contributed by atoms with E-state index in [2.05, 4.69) is 21.5 Å². The molecule has 122 valence electrons. The summed E-state index contributed by atoms with van der Waals surface area (Å²) in [6.07, 6.45) is 8.52. The number of halogens is 1. The van der Waals surface area contributed by atoms with Crippen LogP contribution in [-0.4, -0.2) is 31.4 Å². The Morgan fingerprint density at radius 3 is 2.96 bits per heavy atom. The zero-order chi connectivity index (χ0) is 16.0. The van der Waals surface area contributed by atoms with Crippen LogP contribution in [0.1, 0.15) is 55.8 Å². The van der Waals surface area contributed by atoms with Crippen LogP contribution in [-0.2, 0) is 0 Å². The number of fused-ring (bicyclic) bond motifs is 3. The lowest BCUT2D eigenvalue weighted by Crippen LogP contribution is -2.32. The molecule has 2 aromatic heterocycles. The Balaban J connectivity index is 1.58. The smallest absolute Gasteiger partial charge is 0.111 e. The molecular formula is C18H22FN3O. The van der Waals surface area contributed by atoms with E-state index in [9.17, 15) is 5.11 Å². The number of hydrogen-bond donors (Lipinski definition) is 1.